The van der Waals surface area contributed by atoms with E-state index in [0.29, 0.717) is 5.75 Å². The summed E-state index contributed by atoms with van der Waals surface area (Å²) < 4.78 is 0. The first-order valence-corrected chi connectivity index (χ1v) is 6.49. The van der Waals surface area contributed by atoms with Gasteiger partial charge >= 0.3 is 17.1 Å². The molecule has 17 heavy (non-hydrogen) atoms. The predicted molar refractivity (Wildman–Crippen MR) is 69.9 cm³/mol. The van der Waals surface area contributed by atoms with Crippen molar-refractivity contribution in [3.05, 3.63) is 63.7 Å². The van der Waals surface area contributed by atoms with Crippen LogP contribution in [-0.2, 0) is 21.9 Å². The second-order valence-electron chi connectivity index (χ2n) is 3.20. The zero-order chi connectivity index (χ0) is 11.6. The molecule has 2 rings (SSSR count). The molecular formula is C14H16FeOS+2. The fourth-order valence-electron chi connectivity index (χ4n) is 1.16. The van der Waals surface area contributed by atoms with Gasteiger partial charge in [0.1, 0.15) is 5.78 Å². The summed E-state index contributed by atoms with van der Waals surface area (Å²) in [6, 6.07) is 0. The van der Waals surface area contributed by atoms with E-state index in [4.69, 9.17) is 0 Å². The maximum Gasteiger partial charge on any atom is 2.00 e. The molecule has 90 valence electrons. The zero-order valence-corrected chi connectivity index (χ0v) is 11.7. The maximum atomic E-state index is 11.2. The van der Waals surface area contributed by atoms with Crippen molar-refractivity contribution < 1.29 is 21.9 Å². The number of rotatable bonds is 4. The van der Waals surface area contributed by atoms with Crippen molar-refractivity contribution in [3.8, 4) is 0 Å². The van der Waals surface area contributed by atoms with E-state index in [2.05, 4.69) is 6.92 Å². The van der Waals surface area contributed by atoms with Gasteiger partial charge < -0.3 is 0 Å². The summed E-state index contributed by atoms with van der Waals surface area (Å²) in [4.78, 5) is 11.2. The standard InChI is InChI=1S/C9H11OS.C5H5.Fe/c1-2-11-7-9(10)8-5-3-4-6-8;1-2-4-5-3-1;/h3-6H,2,7H2,1H3;1-5H;/q;;+2. The van der Waals surface area contributed by atoms with Crippen LogP contribution in [0.4, 0.5) is 0 Å². The van der Waals surface area contributed by atoms with E-state index in [-0.39, 0.29) is 22.9 Å². The Labute approximate surface area is 121 Å². The summed E-state index contributed by atoms with van der Waals surface area (Å²) in [5.74, 6) is 2.69. The van der Waals surface area contributed by atoms with E-state index in [1.807, 2.05) is 57.8 Å². The first-order valence-electron chi connectivity index (χ1n) is 5.34. The topological polar surface area (TPSA) is 17.1 Å². The molecule has 0 amide bonds. The Bertz CT molecular complexity index is 179. The van der Waals surface area contributed by atoms with E-state index in [9.17, 15) is 4.79 Å². The molecule has 0 atom stereocenters. The number of ketones is 1. The summed E-state index contributed by atoms with van der Waals surface area (Å²) in [6.45, 7) is 2.06. The third-order valence-electron chi connectivity index (χ3n) is 1.98. The van der Waals surface area contributed by atoms with Crippen molar-refractivity contribution >= 4 is 17.5 Å². The van der Waals surface area contributed by atoms with Gasteiger partial charge in [-0.1, -0.05) is 6.92 Å². The Morgan fingerprint density at radius 2 is 1.47 bits per heavy atom. The molecule has 0 spiro atoms. The van der Waals surface area contributed by atoms with Gasteiger partial charge in [0.05, 0.1) is 5.75 Å². The van der Waals surface area contributed by atoms with Crippen molar-refractivity contribution in [3.63, 3.8) is 0 Å². The molecule has 0 bridgehead atoms. The van der Waals surface area contributed by atoms with Crippen molar-refractivity contribution in [2.45, 2.75) is 6.92 Å². The van der Waals surface area contributed by atoms with Crippen LogP contribution in [0.15, 0.2) is 0 Å². The van der Waals surface area contributed by atoms with Gasteiger partial charge in [0, 0.05) is 5.92 Å². The van der Waals surface area contributed by atoms with Gasteiger partial charge in [-0.25, -0.2) is 0 Å². The summed E-state index contributed by atoms with van der Waals surface area (Å²) in [5, 5.41) is 0. The molecule has 2 aliphatic rings. The second-order valence-corrected chi connectivity index (χ2v) is 4.47. The number of carbonyl (C=O) groups excluding carboxylic acids is 1. The van der Waals surface area contributed by atoms with Gasteiger partial charge in [0.2, 0.25) is 0 Å². The monoisotopic (exact) mass is 288 g/mol. The molecule has 0 unspecified atom stereocenters. The van der Waals surface area contributed by atoms with Crippen molar-refractivity contribution in [1.82, 2.24) is 0 Å². The van der Waals surface area contributed by atoms with Crippen molar-refractivity contribution in [1.29, 1.82) is 0 Å². The third kappa shape index (κ3) is 8.29. The molecule has 0 saturated heterocycles. The van der Waals surface area contributed by atoms with Crippen LogP contribution in [0.1, 0.15) is 6.92 Å². The Balaban J connectivity index is 0.000000360. The Kier molecular flexibility index (Phi) is 12.0. The van der Waals surface area contributed by atoms with Gasteiger partial charge in [0.15, 0.2) is 0 Å². The van der Waals surface area contributed by atoms with Crippen LogP contribution in [0.25, 0.3) is 0 Å². The summed E-state index contributed by atoms with van der Waals surface area (Å²) in [5.41, 5.74) is 0. The van der Waals surface area contributed by atoms with E-state index >= 15 is 0 Å². The molecule has 0 aromatic rings. The van der Waals surface area contributed by atoms with Gasteiger partial charge in [-0.3, -0.25) is 4.79 Å². The Morgan fingerprint density at radius 1 is 1.00 bits per heavy atom. The van der Waals surface area contributed by atoms with Crippen LogP contribution < -0.4 is 0 Å². The maximum absolute atomic E-state index is 11.2. The summed E-state index contributed by atoms with van der Waals surface area (Å²) in [7, 11) is 0. The molecule has 2 saturated carbocycles. The van der Waals surface area contributed by atoms with Crippen LogP contribution >= 0.6 is 11.8 Å². The van der Waals surface area contributed by atoms with E-state index in [1.54, 1.807) is 11.8 Å². The molecular weight excluding hydrogens is 272 g/mol. The van der Waals surface area contributed by atoms with E-state index < -0.39 is 0 Å². The van der Waals surface area contributed by atoms with Crippen molar-refractivity contribution in [2.75, 3.05) is 11.5 Å². The predicted octanol–water partition coefficient (Wildman–Crippen LogP) is 2.73. The first kappa shape index (κ1) is 17.5. The molecule has 3 heteroatoms. The number of hydrogen-bond donors (Lipinski definition) is 0. The minimum absolute atomic E-state index is 0. The number of thioether (sulfide) groups is 1. The molecule has 2 aliphatic carbocycles. The molecule has 2 fully saturated rings. The number of carbonyl (C=O) groups is 1. The minimum atomic E-state index is 0. The van der Waals surface area contributed by atoms with Gasteiger partial charge in [0.25, 0.3) is 0 Å². The van der Waals surface area contributed by atoms with Crippen LogP contribution in [0.2, 0.25) is 0 Å². The van der Waals surface area contributed by atoms with Crippen LogP contribution in [0, 0.1) is 63.7 Å². The SMILES string of the molecule is CCSCC(=O)[C]1[CH][CH][CH][CH]1.[CH]1[CH][CH][CH][CH]1.[Fe+2]. The van der Waals surface area contributed by atoms with Gasteiger partial charge in [-0.05, 0) is 63.5 Å². The molecule has 0 N–H and O–H groups in total. The smallest absolute Gasteiger partial charge is 0.298 e. The fraction of sp³-hybridized carbons (Fsp3) is 0.214. The summed E-state index contributed by atoms with van der Waals surface area (Å²) in [6.07, 6.45) is 17.5. The zero-order valence-electron chi connectivity index (χ0n) is 9.78. The first-order chi connectivity index (χ1) is 7.84. The largest absolute Gasteiger partial charge is 2.00 e. The quantitative estimate of drug-likeness (QED) is 0.740. The Hall–Kier alpha value is 0.539. The minimum Gasteiger partial charge on any atom is -0.298 e. The van der Waals surface area contributed by atoms with Crippen LogP contribution in [-0.4, -0.2) is 17.3 Å². The average molecular weight is 288 g/mol. The molecule has 1 nitrogen and oxygen atoms in total. The van der Waals surface area contributed by atoms with Crippen LogP contribution in [0.3, 0.4) is 0 Å². The molecule has 10 radical (unpaired) electrons. The number of Topliss-reactive ketones (excluding diaryl/α,β-unsaturated/α-hetero) is 1. The van der Waals surface area contributed by atoms with Crippen LogP contribution in [0.5, 0.6) is 0 Å². The fourth-order valence-corrected chi connectivity index (χ4v) is 1.71. The number of hydrogen-bond acceptors (Lipinski definition) is 2. The molecule has 0 aromatic carbocycles. The van der Waals surface area contributed by atoms with Crippen molar-refractivity contribution in [2.24, 2.45) is 0 Å². The third-order valence-corrected chi connectivity index (χ3v) is 2.85. The average Bonchev–Trinajstić information content (AvgIpc) is 2.98. The van der Waals surface area contributed by atoms with Gasteiger partial charge in [-0.15, -0.1) is 0 Å². The van der Waals surface area contributed by atoms with E-state index in [0.717, 1.165) is 11.7 Å². The molecule has 0 aromatic heterocycles. The molecule has 0 heterocycles. The normalized spacial score (nSPS) is 19.4. The van der Waals surface area contributed by atoms with E-state index in [1.165, 1.54) is 0 Å². The van der Waals surface area contributed by atoms with Gasteiger partial charge in [-0.2, -0.15) is 11.8 Å². The Morgan fingerprint density at radius 3 is 1.88 bits per heavy atom. The summed E-state index contributed by atoms with van der Waals surface area (Å²) >= 11 is 1.66. The molecule has 0 aliphatic heterocycles. The second kappa shape index (κ2) is 11.6.